The molecule has 1 heterocycles. The first-order valence-electron chi connectivity index (χ1n) is 6.11. The van der Waals surface area contributed by atoms with Gasteiger partial charge in [-0.25, -0.2) is 0 Å². The maximum Gasteiger partial charge on any atom is 0.278 e. The fourth-order valence-electron chi connectivity index (χ4n) is 1.78. The molecular formula is C13H13BrCl2N4O. The molecule has 0 fully saturated rings. The second kappa shape index (κ2) is 6.25. The predicted octanol–water partition coefficient (Wildman–Crippen LogP) is 4.44. The smallest absolute Gasteiger partial charge is 0.278 e. The Morgan fingerprint density at radius 2 is 2.05 bits per heavy atom. The summed E-state index contributed by atoms with van der Waals surface area (Å²) in [4.78, 5) is 12.2. The van der Waals surface area contributed by atoms with Gasteiger partial charge in [0.15, 0.2) is 5.69 Å². The number of nitrogens with zero attached hydrogens (tertiary/aromatic N) is 1. The van der Waals surface area contributed by atoms with E-state index in [0.29, 0.717) is 20.9 Å². The maximum absolute atomic E-state index is 12.2. The SMILES string of the molecule is CC(C)c1[nH]nc(C(=O)Nc2ccc(Br)c(Cl)c2Cl)c1N. The molecule has 21 heavy (non-hydrogen) atoms. The third kappa shape index (κ3) is 3.17. The Hall–Kier alpha value is -1.24. The number of carbonyl (C=O) groups is 1. The molecule has 0 aliphatic carbocycles. The predicted molar refractivity (Wildman–Crippen MR) is 89.2 cm³/mol. The minimum atomic E-state index is -0.448. The van der Waals surface area contributed by atoms with Crippen molar-refractivity contribution in [1.29, 1.82) is 0 Å². The van der Waals surface area contributed by atoms with Crippen molar-refractivity contribution in [3.8, 4) is 0 Å². The Morgan fingerprint density at radius 1 is 1.38 bits per heavy atom. The van der Waals surface area contributed by atoms with Gasteiger partial charge in [0, 0.05) is 4.47 Å². The molecule has 8 heteroatoms. The molecule has 2 aromatic rings. The van der Waals surface area contributed by atoms with Crippen LogP contribution in [0.2, 0.25) is 10.0 Å². The molecule has 0 saturated carbocycles. The van der Waals surface area contributed by atoms with E-state index in [-0.39, 0.29) is 16.6 Å². The lowest BCUT2D eigenvalue weighted by atomic mass is 10.1. The van der Waals surface area contributed by atoms with Crippen LogP contribution < -0.4 is 11.1 Å². The molecule has 2 rings (SSSR count). The fourth-order valence-corrected chi connectivity index (χ4v) is 2.60. The lowest BCUT2D eigenvalue weighted by Gasteiger charge is -2.09. The highest BCUT2D eigenvalue weighted by atomic mass is 79.9. The van der Waals surface area contributed by atoms with Crippen LogP contribution in [0.3, 0.4) is 0 Å². The minimum absolute atomic E-state index is 0.133. The Bertz CT molecular complexity index is 700. The molecule has 1 aromatic heterocycles. The van der Waals surface area contributed by atoms with Gasteiger partial charge < -0.3 is 11.1 Å². The van der Waals surface area contributed by atoms with Crippen LogP contribution in [-0.4, -0.2) is 16.1 Å². The molecule has 5 nitrogen and oxygen atoms in total. The number of hydrogen-bond donors (Lipinski definition) is 3. The number of nitrogens with one attached hydrogen (secondary N) is 2. The summed E-state index contributed by atoms with van der Waals surface area (Å²) in [6, 6.07) is 3.33. The van der Waals surface area contributed by atoms with Gasteiger partial charge in [0.2, 0.25) is 0 Å². The Morgan fingerprint density at radius 3 is 2.62 bits per heavy atom. The van der Waals surface area contributed by atoms with Crippen LogP contribution in [-0.2, 0) is 0 Å². The van der Waals surface area contributed by atoms with Gasteiger partial charge in [-0.3, -0.25) is 9.89 Å². The molecule has 1 amide bonds. The number of nitrogen functional groups attached to an aromatic ring is 1. The zero-order chi connectivity index (χ0) is 15.7. The standard InChI is InChI=1S/C13H13BrCl2N4O/c1-5(2)11-10(17)12(20-19-11)13(21)18-7-4-3-6(14)8(15)9(7)16/h3-5H,17H2,1-2H3,(H,18,21)(H,19,20). The van der Waals surface area contributed by atoms with E-state index in [9.17, 15) is 4.79 Å². The van der Waals surface area contributed by atoms with Crippen LogP contribution in [0, 0.1) is 0 Å². The van der Waals surface area contributed by atoms with Gasteiger partial charge in [0.05, 0.1) is 27.1 Å². The zero-order valence-electron chi connectivity index (χ0n) is 11.3. The molecule has 112 valence electrons. The van der Waals surface area contributed by atoms with Crippen LogP contribution in [0.4, 0.5) is 11.4 Å². The second-order valence-electron chi connectivity index (χ2n) is 4.73. The van der Waals surface area contributed by atoms with E-state index in [2.05, 4.69) is 31.4 Å². The molecule has 4 N–H and O–H groups in total. The van der Waals surface area contributed by atoms with E-state index < -0.39 is 5.91 Å². The number of hydrogen-bond acceptors (Lipinski definition) is 3. The largest absolute Gasteiger partial charge is 0.395 e. The molecule has 0 bridgehead atoms. The van der Waals surface area contributed by atoms with Crippen molar-refractivity contribution >= 4 is 56.4 Å². The minimum Gasteiger partial charge on any atom is -0.395 e. The first kappa shape index (κ1) is 16.1. The van der Waals surface area contributed by atoms with Crippen molar-refractivity contribution in [2.75, 3.05) is 11.1 Å². The summed E-state index contributed by atoms with van der Waals surface area (Å²) in [6.07, 6.45) is 0. The quantitative estimate of drug-likeness (QED) is 0.676. The first-order valence-corrected chi connectivity index (χ1v) is 7.66. The highest BCUT2D eigenvalue weighted by Gasteiger charge is 2.20. The average molecular weight is 392 g/mol. The van der Waals surface area contributed by atoms with Gasteiger partial charge in [0.25, 0.3) is 5.91 Å². The van der Waals surface area contributed by atoms with Crippen molar-refractivity contribution in [3.63, 3.8) is 0 Å². The summed E-state index contributed by atoms with van der Waals surface area (Å²) in [5.74, 6) is -0.305. The van der Waals surface area contributed by atoms with Gasteiger partial charge >= 0.3 is 0 Å². The Labute approximate surface area is 140 Å². The summed E-state index contributed by atoms with van der Waals surface area (Å²) in [5.41, 5.74) is 7.51. The van der Waals surface area contributed by atoms with E-state index in [4.69, 9.17) is 28.9 Å². The van der Waals surface area contributed by atoms with Gasteiger partial charge in [-0.1, -0.05) is 37.0 Å². The molecule has 0 spiro atoms. The number of H-pyrrole nitrogens is 1. The van der Waals surface area contributed by atoms with E-state index in [0.717, 1.165) is 5.69 Å². The molecule has 1 aromatic carbocycles. The fraction of sp³-hybridized carbons (Fsp3) is 0.231. The van der Waals surface area contributed by atoms with Crippen molar-refractivity contribution in [1.82, 2.24) is 10.2 Å². The summed E-state index contributed by atoms with van der Waals surface area (Å²) in [6.45, 7) is 3.91. The summed E-state index contributed by atoms with van der Waals surface area (Å²) >= 11 is 15.4. The summed E-state index contributed by atoms with van der Waals surface area (Å²) in [7, 11) is 0. The summed E-state index contributed by atoms with van der Waals surface area (Å²) in [5, 5.41) is 9.95. The number of nitrogens with two attached hydrogens (primary N) is 1. The third-order valence-corrected chi connectivity index (χ3v) is 4.68. The number of amides is 1. The molecule has 0 atom stereocenters. The molecule has 0 aliphatic rings. The van der Waals surface area contributed by atoms with E-state index in [1.807, 2.05) is 13.8 Å². The van der Waals surface area contributed by atoms with E-state index in [1.54, 1.807) is 12.1 Å². The zero-order valence-corrected chi connectivity index (χ0v) is 14.4. The molecule has 0 aliphatic heterocycles. The van der Waals surface area contributed by atoms with Gasteiger partial charge in [-0.2, -0.15) is 5.10 Å². The number of benzene rings is 1. The molecule has 0 radical (unpaired) electrons. The number of rotatable bonds is 3. The van der Waals surface area contributed by atoms with Gasteiger partial charge in [-0.15, -0.1) is 0 Å². The maximum atomic E-state index is 12.2. The number of halogens is 3. The van der Waals surface area contributed by atoms with Gasteiger partial charge in [0.1, 0.15) is 0 Å². The van der Waals surface area contributed by atoms with Crippen LogP contribution in [0.5, 0.6) is 0 Å². The number of carbonyl (C=O) groups excluding carboxylic acids is 1. The Kier molecular flexibility index (Phi) is 4.81. The van der Waals surface area contributed by atoms with Crippen molar-refractivity contribution in [2.24, 2.45) is 0 Å². The topological polar surface area (TPSA) is 83.8 Å². The van der Waals surface area contributed by atoms with E-state index >= 15 is 0 Å². The number of anilines is 2. The average Bonchev–Trinajstić information content (AvgIpc) is 2.81. The van der Waals surface area contributed by atoms with Crippen LogP contribution in [0.1, 0.15) is 35.9 Å². The second-order valence-corrected chi connectivity index (χ2v) is 6.34. The van der Waals surface area contributed by atoms with Crippen LogP contribution in [0.25, 0.3) is 0 Å². The highest BCUT2D eigenvalue weighted by molar-refractivity contribution is 9.10. The normalized spacial score (nSPS) is 11.0. The molecule has 0 unspecified atom stereocenters. The third-order valence-electron chi connectivity index (χ3n) is 2.91. The van der Waals surface area contributed by atoms with E-state index in [1.165, 1.54) is 0 Å². The monoisotopic (exact) mass is 390 g/mol. The highest BCUT2D eigenvalue weighted by Crippen LogP contribution is 2.36. The van der Waals surface area contributed by atoms with Crippen molar-refractivity contribution in [2.45, 2.75) is 19.8 Å². The van der Waals surface area contributed by atoms with Crippen molar-refractivity contribution in [3.05, 3.63) is 38.0 Å². The first-order chi connectivity index (χ1) is 9.82. The number of aromatic nitrogens is 2. The molecule has 0 saturated heterocycles. The summed E-state index contributed by atoms with van der Waals surface area (Å²) < 4.78 is 0.647. The van der Waals surface area contributed by atoms with Gasteiger partial charge in [-0.05, 0) is 34.0 Å². The van der Waals surface area contributed by atoms with Crippen molar-refractivity contribution < 1.29 is 4.79 Å². The lowest BCUT2D eigenvalue weighted by molar-refractivity contribution is 0.102. The molecular weight excluding hydrogens is 379 g/mol. The lowest BCUT2D eigenvalue weighted by Crippen LogP contribution is -2.14. The van der Waals surface area contributed by atoms with Crippen LogP contribution in [0.15, 0.2) is 16.6 Å². The Balaban J connectivity index is 2.29. The number of aromatic amines is 1. The van der Waals surface area contributed by atoms with Crippen LogP contribution >= 0.6 is 39.1 Å².